The van der Waals surface area contributed by atoms with E-state index >= 15 is 0 Å². The Labute approximate surface area is 112 Å². The Morgan fingerprint density at radius 2 is 2.19 bits per heavy atom. The van der Waals surface area contributed by atoms with Crippen molar-refractivity contribution in [2.45, 2.75) is 58.5 Å². The average Bonchev–Trinajstić information content (AvgIpc) is 2.67. The van der Waals surface area contributed by atoms with Crippen molar-refractivity contribution < 1.29 is 0 Å². The van der Waals surface area contributed by atoms with Gasteiger partial charge in [0.1, 0.15) is 0 Å². The van der Waals surface area contributed by atoms with Crippen molar-refractivity contribution in [3.05, 3.63) is 20.8 Å². The maximum atomic E-state index is 3.58. The summed E-state index contributed by atoms with van der Waals surface area (Å²) in [5.74, 6) is 0. The van der Waals surface area contributed by atoms with Gasteiger partial charge in [-0.1, -0.05) is 32.6 Å². The summed E-state index contributed by atoms with van der Waals surface area (Å²) < 4.78 is 1.24. The molecule has 0 aliphatic rings. The third-order valence-electron chi connectivity index (χ3n) is 2.79. The fourth-order valence-corrected chi connectivity index (χ4v) is 3.14. The van der Waals surface area contributed by atoms with Gasteiger partial charge >= 0.3 is 0 Å². The molecule has 1 rings (SSSR count). The number of rotatable bonds is 8. The summed E-state index contributed by atoms with van der Waals surface area (Å²) in [5.41, 5.74) is 0. The monoisotopic (exact) mass is 303 g/mol. The molecule has 3 heteroatoms. The lowest BCUT2D eigenvalue weighted by molar-refractivity contribution is 0.484. The van der Waals surface area contributed by atoms with Crippen molar-refractivity contribution in [3.8, 4) is 0 Å². The van der Waals surface area contributed by atoms with E-state index in [0.717, 1.165) is 6.54 Å². The van der Waals surface area contributed by atoms with Crippen molar-refractivity contribution in [2.75, 3.05) is 0 Å². The molecule has 0 aliphatic carbocycles. The summed E-state index contributed by atoms with van der Waals surface area (Å²) in [7, 11) is 0. The van der Waals surface area contributed by atoms with Gasteiger partial charge in [-0.3, -0.25) is 0 Å². The van der Waals surface area contributed by atoms with Gasteiger partial charge in [0.15, 0.2) is 0 Å². The van der Waals surface area contributed by atoms with Gasteiger partial charge in [0.05, 0.1) is 0 Å². The van der Waals surface area contributed by atoms with E-state index in [2.05, 4.69) is 46.5 Å². The van der Waals surface area contributed by atoms with E-state index in [1.807, 2.05) is 11.3 Å². The van der Waals surface area contributed by atoms with Crippen molar-refractivity contribution in [1.29, 1.82) is 0 Å². The Morgan fingerprint density at radius 1 is 1.38 bits per heavy atom. The molecule has 0 spiro atoms. The predicted octanol–water partition coefficient (Wildman–Crippen LogP) is 4.96. The molecule has 0 radical (unpaired) electrons. The first-order valence-electron chi connectivity index (χ1n) is 6.19. The Morgan fingerprint density at radius 3 is 2.81 bits per heavy atom. The zero-order chi connectivity index (χ0) is 11.8. The second-order valence-electron chi connectivity index (χ2n) is 4.32. The van der Waals surface area contributed by atoms with E-state index in [0.29, 0.717) is 6.04 Å². The molecular weight excluding hydrogens is 282 g/mol. The summed E-state index contributed by atoms with van der Waals surface area (Å²) in [5, 5.41) is 5.72. The first-order chi connectivity index (χ1) is 7.74. The molecule has 1 aromatic heterocycles. The highest BCUT2D eigenvalue weighted by atomic mass is 79.9. The number of thiophene rings is 1. The summed E-state index contributed by atoms with van der Waals surface area (Å²) in [4.78, 5) is 1.40. The van der Waals surface area contributed by atoms with E-state index in [9.17, 15) is 0 Å². The zero-order valence-corrected chi connectivity index (χ0v) is 12.7. The molecule has 0 saturated heterocycles. The van der Waals surface area contributed by atoms with E-state index in [1.54, 1.807) is 0 Å². The molecule has 1 heterocycles. The normalized spacial score (nSPS) is 12.9. The topological polar surface area (TPSA) is 12.0 Å². The van der Waals surface area contributed by atoms with Crippen LogP contribution in [0.2, 0.25) is 0 Å². The smallest absolute Gasteiger partial charge is 0.0327 e. The van der Waals surface area contributed by atoms with E-state index < -0.39 is 0 Å². The molecule has 0 saturated carbocycles. The lowest BCUT2D eigenvalue weighted by Gasteiger charge is -2.13. The molecule has 92 valence electrons. The minimum Gasteiger partial charge on any atom is -0.309 e. The van der Waals surface area contributed by atoms with Crippen LogP contribution in [0.5, 0.6) is 0 Å². The van der Waals surface area contributed by atoms with Crippen LogP contribution in [-0.4, -0.2) is 6.04 Å². The lowest BCUT2D eigenvalue weighted by Crippen LogP contribution is -2.25. The molecule has 0 bridgehead atoms. The van der Waals surface area contributed by atoms with Crippen LogP contribution in [0.4, 0.5) is 0 Å². The Balaban J connectivity index is 2.10. The minimum absolute atomic E-state index is 0.630. The molecule has 1 nitrogen and oxygen atoms in total. The molecule has 1 unspecified atom stereocenters. The van der Waals surface area contributed by atoms with Gasteiger partial charge in [-0.25, -0.2) is 0 Å². The van der Waals surface area contributed by atoms with Crippen LogP contribution < -0.4 is 5.32 Å². The van der Waals surface area contributed by atoms with Crippen molar-refractivity contribution in [3.63, 3.8) is 0 Å². The van der Waals surface area contributed by atoms with Crippen molar-refractivity contribution >= 4 is 27.3 Å². The summed E-state index contributed by atoms with van der Waals surface area (Å²) in [6.07, 6.45) is 6.73. The molecule has 1 atom stereocenters. The van der Waals surface area contributed by atoms with Crippen LogP contribution in [0.1, 0.15) is 50.8 Å². The predicted molar refractivity (Wildman–Crippen MR) is 77.1 cm³/mol. The third-order valence-corrected chi connectivity index (χ3v) is 4.72. The Bertz CT molecular complexity index is 285. The highest BCUT2D eigenvalue weighted by Gasteiger charge is 2.04. The number of hydrogen-bond donors (Lipinski definition) is 1. The zero-order valence-electron chi connectivity index (χ0n) is 10.3. The molecule has 16 heavy (non-hydrogen) atoms. The Kier molecular flexibility index (Phi) is 7.33. The second kappa shape index (κ2) is 8.26. The van der Waals surface area contributed by atoms with Crippen LogP contribution in [0, 0.1) is 0 Å². The first kappa shape index (κ1) is 14.2. The molecule has 0 fully saturated rings. The minimum atomic E-state index is 0.630. The van der Waals surface area contributed by atoms with Crippen LogP contribution >= 0.6 is 27.3 Å². The number of nitrogens with one attached hydrogen (secondary N) is 1. The maximum absolute atomic E-state index is 3.58. The van der Waals surface area contributed by atoms with Gasteiger partial charge in [0.25, 0.3) is 0 Å². The fourth-order valence-electron chi connectivity index (χ4n) is 1.70. The van der Waals surface area contributed by atoms with Crippen LogP contribution in [0.15, 0.2) is 15.9 Å². The summed E-state index contributed by atoms with van der Waals surface area (Å²) >= 11 is 5.37. The summed E-state index contributed by atoms with van der Waals surface area (Å²) in [6, 6.07) is 2.75. The highest BCUT2D eigenvalue weighted by molar-refractivity contribution is 9.10. The molecule has 1 aromatic rings. The molecular formula is C13H22BrNS. The lowest BCUT2D eigenvalue weighted by atomic mass is 10.1. The van der Waals surface area contributed by atoms with E-state index in [1.165, 1.54) is 41.5 Å². The van der Waals surface area contributed by atoms with Crippen LogP contribution in [-0.2, 0) is 6.54 Å². The highest BCUT2D eigenvalue weighted by Crippen LogP contribution is 2.22. The van der Waals surface area contributed by atoms with Crippen molar-refractivity contribution in [2.24, 2.45) is 0 Å². The number of halogens is 1. The van der Waals surface area contributed by atoms with Crippen LogP contribution in [0.3, 0.4) is 0 Å². The SMILES string of the molecule is CCCCCCC(C)NCc1sccc1Br. The van der Waals surface area contributed by atoms with E-state index in [4.69, 9.17) is 0 Å². The number of unbranched alkanes of at least 4 members (excludes halogenated alkanes) is 3. The second-order valence-corrected chi connectivity index (χ2v) is 6.18. The maximum Gasteiger partial charge on any atom is 0.0327 e. The third kappa shape index (κ3) is 5.46. The van der Waals surface area contributed by atoms with Gasteiger partial charge < -0.3 is 5.32 Å². The van der Waals surface area contributed by atoms with E-state index in [-0.39, 0.29) is 0 Å². The van der Waals surface area contributed by atoms with Crippen molar-refractivity contribution in [1.82, 2.24) is 5.32 Å². The summed E-state index contributed by atoms with van der Waals surface area (Å²) in [6.45, 7) is 5.54. The molecule has 0 aromatic carbocycles. The van der Waals surface area contributed by atoms with Gasteiger partial charge in [-0.2, -0.15) is 0 Å². The first-order valence-corrected chi connectivity index (χ1v) is 7.86. The largest absolute Gasteiger partial charge is 0.309 e. The van der Waals surface area contributed by atoms with Gasteiger partial charge in [0, 0.05) is 21.9 Å². The molecule has 1 N–H and O–H groups in total. The number of hydrogen-bond acceptors (Lipinski definition) is 2. The van der Waals surface area contributed by atoms with Gasteiger partial charge in [-0.15, -0.1) is 11.3 Å². The average molecular weight is 304 g/mol. The molecule has 0 amide bonds. The van der Waals surface area contributed by atoms with Gasteiger partial charge in [-0.05, 0) is 40.7 Å². The molecule has 0 aliphatic heterocycles. The van der Waals surface area contributed by atoms with Crippen LogP contribution in [0.25, 0.3) is 0 Å². The Hall–Kier alpha value is 0.140. The van der Waals surface area contributed by atoms with Gasteiger partial charge in [0.2, 0.25) is 0 Å². The quantitative estimate of drug-likeness (QED) is 0.669. The fraction of sp³-hybridized carbons (Fsp3) is 0.692. The standard InChI is InChI=1S/C13H22BrNS/c1-3-4-5-6-7-11(2)15-10-13-12(14)8-9-16-13/h8-9,11,15H,3-7,10H2,1-2H3.